The van der Waals surface area contributed by atoms with Gasteiger partial charge in [0.2, 0.25) is 0 Å². The number of hydrogen-bond donors (Lipinski definition) is 2. The molecule has 0 aliphatic heterocycles. The summed E-state index contributed by atoms with van der Waals surface area (Å²) in [6.45, 7) is 0. The summed E-state index contributed by atoms with van der Waals surface area (Å²) >= 11 is 6.21. The second-order valence-corrected chi connectivity index (χ2v) is 6.12. The Morgan fingerprint density at radius 2 is 2.10 bits per heavy atom. The molecule has 1 heterocycles. The number of rotatable bonds is 4. The van der Waals surface area contributed by atoms with Crippen molar-refractivity contribution < 1.29 is 0 Å². The van der Waals surface area contributed by atoms with Gasteiger partial charge in [0.1, 0.15) is 0 Å². The largest absolute Gasteiger partial charge is 0.271 e. The van der Waals surface area contributed by atoms with Crippen molar-refractivity contribution in [1.82, 2.24) is 10.4 Å². The lowest BCUT2D eigenvalue weighted by Crippen LogP contribution is -2.44. The number of nitrogens with zero attached hydrogens (tertiary/aromatic N) is 1. The van der Waals surface area contributed by atoms with E-state index in [1.165, 1.54) is 11.1 Å². The van der Waals surface area contributed by atoms with Gasteiger partial charge >= 0.3 is 0 Å². The van der Waals surface area contributed by atoms with Crippen LogP contribution in [0, 0.1) is 5.92 Å². The van der Waals surface area contributed by atoms with E-state index in [1.807, 2.05) is 6.07 Å². The van der Waals surface area contributed by atoms with Crippen molar-refractivity contribution in [2.75, 3.05) is 0 Å². The minimum Gasteiger partial charge on any atom is -0.271 e. The van der Waals surface area contributed by atoms with Gasteiger partial charge in [0.15, 0.2) is 0 Å². The first kappa shape index (κ1) is 14.5. The summed E-state index contributed by atoms with van der Waals surface area (Å²) in [6.07, 6.45) is 7.68. The second kappa shape index (κ2) is 6.56. The van der Waals surface area contributed by atoms with Gasteiger partial charge in [0.05, 0.1) is 5.02 Å². The Morgan fingerprint density at radius 3 is 2.86 bits per heavy atom. The monoisotopic (exact) mass is 301 g/mol. The predicted octanol–water partition coefficient (Wildman–Crippen LogP) is 2.91. The molecule has 0 spiro atoms. The first-order chi connectivity index (χ1) is 10.3. The van der Waals surface area contributed by atoms with Crippen molar-refractivity contribution in [1.29, 1.82) is 0 Å². The van der Waals surface area contributed by atoms with Crippen LogP contribution in [-0.2, 0) is 19.3 Å². The van der Waals surface area contributed by atoms with Gasteiger partial charge in [-0.15, -0.1) is 0 Å². The van der Waals surface area contributed by atoms with Gasteiger partial charge < -0.3 is 0 Å². The van der Waals surface area contributed by atoms with Crippen LogP contribution in [0.3, 0.4) is 0 Å². The summed E-state index contributed by atoms with van der Waals surface area (Å²) in [5.74, 6) is 6.35. The molecule has 1 aromatic heterocycles. The van der Waals surface area contributed by atoms with Crippen LogP contribution < -0.4 is 11.3 Å². The molecule has 1 aromatic carbocycles. The van der Waals surface area contributed by atoms with E-state index in [2.05, 4.69) is 34.7 Å². The first-order valence-corrected chi connectivity index (χ1v) is 7.77. The van der Waals surface area contributed by atoms with Gasteiger partial charge in [-0.25, -0.2) is 0 Å². The number of pyridine rings is 1. The van der Waals surface area contributed by atoms with E-state index < -0.39 is 0 Å². The molecule has 0 radical (unpaired) electrons. The number of halogens is 1. The normalized spacial score (nSPS) is 19.0. The maximum Gasteiger partial charge on any atom is 0.0621 e. The van der Waals surface area contributed by atoms with Gasteiger partial charge in [-0.2, -0.15) is 0 Å². The maximum atomic E-state index is 6.21. The number of hydrogen-bond acceptors (Lipinski definition) is 3. The molecule has 0 saturated carbocycles. The van der Waals surface area contributed by atoms with Crippen LogP contribution in [0.5, 0.6) is 0 Å². The molecule has 2 unspecified atom stereocenters. The summed E-state index contributed by atoms with van der Waals surface area (Å²) in [7, 11) is 0. The summed E-state index contributed by atoms with van der Waals surface area (Å²) in [5, 5.41) is 0.717. The summed E-state index contributed by atoms with van der Waals surface area (Å²) in [5.41, 5.74) is 7.04. The molecular formula is C17H20ClN3. The molecular weight excluding hydrogens is 282 g/mol. The quantitative estimate of drug-likeness (QED) is 0.674. The van der Waals surface area contributed by atoms with Gasteiger partial charge in [-0.3, -0.25) is 16.3 Å². The SMILES string of the molecule is NNC(Cc1ccncc1Cl)C1CCc2ccccc2C1. The maximum absolute atomic E-state index is 6.21. The van der Waals surface area contributed by atoms with Crippen molar-refractivity contribution >= 4 is 11.6 Å². The van der Waals surface area contributed by atoms with Crippen molar-refractivity contribution in [3.05, 3.63) is 64.4 Å². The fourth-order valence-corrected chi connectivity index (χ4v) is 3.43. The number of benzene rings is 1. The minimum absolute atomic E-state index is 0.234. The van der Waals surface area contributed by atoms with E-state index in [1.54, 1.807) is 12.4 Å². The standard InChI is InChI=1S/C17H20ClN3/c18-16-11-20-8-7-14(16)10-17(21-19)15-6-5-12-3-1-2-4-13(12)9-15/h1-4,7-8,11,15,17,21H,5-6,9-10,19H2. The van der Waals surface area contributed by atoms with Crippen LogP contribution >= 0.6 is 11.6 Å². The van der Waals surface area contributed by atoms with Gasteiger partial charge in [-0.05, 0) is 54.4 Å². The van der Waals surface area contributed by atoms with E-state index in [0.29, 0.717) is 10.9 Å². The summed E-state index contributed by atoms with van der Waals surface area (Å²) < 4.78 is 0. The number of aromatic nitrogens is 1. The number of nitrogens with one attached hydrogen (secondary N) is 1. The van der Waals surface area contributed by atoms with Crippen LogP contribution in [0.4, 0.5) is 0 Å². The van der Waals surface area contributed by atoms with E-state index in [9.17, 15) is 0 Å². The van der Waals surface area contributed by atoms with Crippen molar-refractivity contribution in [3.63, 3.8) is 0 Å². The molecule has 1 aliphatic rings. The molecule has 0 bridgehead atoms. The lowest BCUT2D eigenvalue weighted by molar-refractivity contribution is 0.321. The molecule has 2 aromatic rings. The summed E-state index contributed by atoms with van der Waals surface area (Å²) in [6, 6.07) is 10.9. The van der Waals surface area contributed by atoms with Crippen molar-refractivity contribution in [3.8, 4) is 0 Å². The third-order valence-corrected chi connectivity index (χ3v) is 4.80. The smallest absolute Gasteiger partial charge is 0.0621 e. The number of fused-ring (bicyclic) bond motifs is 1. The van der Waals surface area contributed by atoms with E-state index in [0.717, 1.165) is 31.2 Å². The van der Waals surface area contributed by atoms with Crippen molar-refractivity contribution in [2.45, 2.75) is 31.7 Å². The Bertz CT molecular complexity index is 614. The van der Waals surface area contributed by atoms with Crippen molar-refractivity contribution in [2.24, 2.45) is 11.8 Å². The van der Waals surface area contributed by atoms with Crippen LogP contribution in [0.15, 0.2) is 42.7 Å². The molecule has 3 nitrogen and oxygen atoms in total. The fourth-order valence-electron chi connectivity index (χ4n) is 3.24. The van der Waals surface area contributed by atoms with Gasteiger partial charge in [-0.1, -0.05) is 35.9 Å². The first-order valence-electron chi connectivity index (χ1n) is 7.39. The second-order valence-electron chi connectivity index (χ2n) is 5.72. The highest BCUT2D eigenvalue weighted by Crippen LogP contribution is 2.29. The Labute approximate surface area is 130 Å². The predicted molar refractivity (Wildman–Crippen MR) is 86.0 cm³/mol. The Hall–Kier alpha value is -1.42. The molecule has 4 heteroatoms. The average molecular weight is 302 g/mol. The molecule has 2 atom stereocenters. The highest BCUT2D eigenvalue weighted by Gasteiger charge is 2.26. The van der Waals surface area contributed by atoms with Crippen LogP contribution in [0.2, 0.25) is 5.02 Å². The van der Waals surface area contributed by atoms with E-state index in [4.69, 9.17) is 17.4 Å². The zero-order valence-corrected chi connectivity index (χ0v) is 12.7. The number of aryl methyl sites for hydroxylation is 1. The Kier molecular flexibility index (Phi) is 4.54. The van der Waals surface area contributed by atoms with Crippen LogP contribution in [0.1, 0.15) is 23.1 Å². The lowest BCUT2D eigenvalue weighted by Gasteiger charge is -2.31. The van der Waals surface area contributed by atoms with E-state index in [-0.39, 0.29) is 6.04 Å². The highest BCUT2D eigenvalue weighted by atomic mass is 35.5. The molecule has 0 amide bonds. The molecule has 3 rings (SSSR count). The zero-order chi connectivity index (χ0) is 14.7. The van der Waals surface area contributed by atoms with Gasteiger partial charge in [0.25, 0.3) is 0 Å². The lowest BCUT2D eigenvalue weighted by atomic mass is 9.78. The molecule has 21 heavy (non-hydrogen) atoms. The average Bonchev–Trinajstić information content (AvgIpc) is 2.54. The Balaban J connectivity index is 1.74. The highest BCUT2D eigenvalue weighted by molar-refractivity contribution is 6.31. The number of nitrogens with two attached hydrogens (primary N) is 1. The molecule has 1 aliphatic carbocycles. The fraction of sp³-hybridized carbons (Fsp3) is 0.353. The third-order valence-electron chi connectivity index (χ3n) is 4.46. The third kappa shape index (κ3) is 3.26. The van der Waals surface area contributed by atoms with Gasteiger partial charge in [0, 0.05) is 18.4 Å². The molecule has 3 N–H and O–H groups in total. The minimum atomic E-state index is 0.234. The molecule has 0 fully saturated rings. The van der Waals surface area contributed by atoms with Crippen LogP contribution in [0.25, 0.3) is 0 Å². The van der Waals surface area contributed by atoms with E-state index >= 15 is 0 Å². The summed E-state index contributed by atoms with van der Waals surface area (Å²) in [4.78, 5) is 4.04. The molecule has 0 saturated heterocycles. The number of hydrazine groups is 1. The Morgan fingerprint density at radius 1 is 1.29 bits per heavy atom. The topological polar surface area (TPSA) is 50.9 Å². The zero-order valence-electron chi connectivity index (χ0n) is 11.9. The van der Waals surface area contributed by atoms with Crippen LogP contribution in [-0.4, -0.2) is 11.0 Å². The molecule has 110 valence electrons.